The third kappa shape index (κ3) is 6.44. The van der Waals surface area contributed by atoms with E-state index in [0.717, 1.165) is 0 Å². The number of hydrogen-bond acceptors (Lipinski definition) is 6. The molecule has 2 aromatic rings. The van der Waals surface area contributed by atoms with Crippen LogP contribution in [0.25, 0.3) is 0 Å². The number of halogens is 1. The molecule has 1 saturated heterocycles. The molecule has 0 bridgehead atoms. The molecule has 1 N–H and O–H groups in total. The van der Waals surface area contributed by atoms with Gasteiger partial charge < -0.3 is 19.7 Å². The molecule has 1 aliphatic heterocycles. The minimum Gasteiger partial charge on any atom is -0.481 e. The van der Waals surface area contributed by atoms with Crippen LogP contribution in [-0.2, 0) is 24.3 Å². The molecule has 1 heterocycles. The van der Waals surface area contributed by atoms with E-state index < -0.39 is 22.0 Å². The number of ether oxygens (including phenoxy) is 2. The lowest BCUT2D eigenvalue weighted by Crippen LogP contribution is -2.42. The van der Waals surface area contributed by atoms with E-state index in [1.54, 1.807) is 31.2 Å². The molecule has 1 aliphatic rings. The zero-order valence-corrected chi connectivity index (χ0v) is 19.9. The van der Waals surface area contributed by atoms with Gasteiger partial charge in [0.05, 0.1) is 24.8 Å². The van der Waals surface area contributed by atoms with E-state index in [2.05, 4.69) is 5.32 Å². The monoisotopic (exact) mass is 495 g/mol. The van der Waals surface area contributed by atoms with Crippen LogP contribution in [0.1, 0.15) is 6.92 Å². The number of para-hydroxylation sites is 1. The van der Waals surface area contributed by atoms with Crippen molar-refractivity contribution in [2.45, 2.75) is 17.9 Å². The minimum absolute atomic E-state index is 0.0543. The standard InChI is InChI=1S/C22H26ClN3O6S/c1-16(32-18-6-4-3-5-7-18)22(28)25(2)15-21(27)24-17-8-9-19(23)20(14-17)33(29,30)26-10-12-31-13-11-26/h3-9,14,16H,10-13,15H2,1-2H3,(H,24,27). The fourth-order valence-electron chi connectivity index (χ4n) is 3.26. The third-order valence-corrected chi connectivity index (χ3v) is 7.34. The highest BCUT2D eigenvalue weighted by molar-refractivity contribution is 7.89. The van der Waals surface area contributed by atoms with Gasteiger partial charge in [-0.3, -0.25) is 9.59 Å². The second-order valence-corrected chi connectivity index (χ2v) is 9.79. The van der Waals surface area contributed by atoms with Crippen molar-refractivity contribution in [1.29, 1.82) is 0 Å². The molecular formula is C22H26ClN3O6S. The fourth-order valence-corrected chi connectivity index (χ4v) is 5.17. The lowest BCUT2D eigenvalue weighted by atomic mass is 10.3. The molecule has 0 aliphatic carbocycles. The van der Waals surface area contributed by atoms with Crippen molar-refractivity contribution in [2.24, 2.45) is 0 Å². The number of benzene rings is 2. The molecule has 1 atom stereocenters. The first-order valence-electron chi connectivity index (χ1n) is 10.3. The molecule has 3 rings (SSSR count). The summed E-state index contributed by atoms with van der Waals surface area (Å²) in [5.74, 6) is -0.318. The maximum absolute atomic E-state index is 12.9. The van der Waals surface area contributed by atoms with E-state index in [9.17, 15) is 18.0 Å². The Hall–Kier alpha value is -2.66. The summed E-state index contributed by atoms with van der Waals surface area (Å²) in [7, 11) is -2.35. The topological polar surface area (TPSA) is 105 Å². The van der Waals surface area contributed by atoms with Crippen molar-refractivity contribution in [3.63, 3.8) is 0 Å². The Morgan fingerprint density at radius 1 is 1.18 bits per heavy atom. The van der Waals surface area contributed by atoms with Gasteiger partial charge in [-0.2, -0.15) is 4.31 Å². The van der Waals surface area contributed by atoms with Crippen molar-refractivity contribution < 1.29 is 27.5 Å². The third-order valence-electron chi connectivity index (χ3n) is 4.96. The summed E-state index contributed by atoms with van der Waals surface area (Å²) in [4.78, 5) is 26.2. The molecule has 0 radical (unpaired) electrons. The van der Waals surface area contributed by atoms with Gasteiger partial charge in [-0.05, 0) is 37.3 Å². The van der Waals surface area contributed by atoms with E-state index in [-0.39, 0.29) is 41.1 Å². The normalized spacial score (nSPS) is 15.5. The van der Waals surface area contributed by atoms with Gasteiger partial charge in [0.1, 0.15) is 10.6 Å². The molecule has 0 spiro atoms. The Bertz CT molecular complexity index is 1090. The molecule has 178 valence electrons. The average molecular weight is 496 g/mol. The van der Waals surface area contributed by atoms with E-state index in [1.807, 2.05) is 6.07 Å². The second kappa shape index (κ2) is 11.0. The number of hydrogen-bond donors (Lipinski definition) is 1. The number of sulfonamides is 1. The van der Waals surface area contributed by atoms with Crippen LogP contribution in [0, 0.1) is 0 Å². The van der Waals surface area contributed by atoms with E-state index in [1.165, 1.54) is 34.5 Å². The molecular weight excluding hydrogens is 470 g/mol. The Kier molecular flexibility index (Phi) is 8.30. The lowest BCUT2D eigenvalue weighted by Gasteiger charge is -2.26. The van der Waals surface area contributed by atoms with Gasteiger partial charge in [-0.15, -0.1) is 0 Å². The summed E-state index contributed by atoms with van der Waals surface area (Å²) in [5, 5.41) is 2.67. The smallest absolute Gasteiger partial charge is 0.263 e. The Morgan fingerprint density at radius 2 is 1.85 bits per heavy atom. The first-order valence-corrected chi connectivity index (χ1v) is 12.1. The number of rotatable bonds is 8. The predicted octanol–water partition coefficient (Wildman–Crippen LogP) is 2.23. The van der Waals surface area contributed by atoms with E-state index in [0.29, 0.717) is 19.0 Å². The van der Waals surface area contributed by atoms with Crippen LogP contribution in [0.4, 0.5) is 5.69 Å². The first-order chi connectivity index (χ1) is 15.7. The first kappa shape index (κ1) is 25.0. The number of nitrogens with zero attached hydrogens (tertiary/aromatic N) is 2. The quantitative estimate of drug-likeness (QED) is 0.602. The van der Waals surface area contributed by atoms with E-state index >= 15 is 0 Å². The zero-order chi connectivity index (χ0) is 24.0. The minimum atomic E-state index is -3.84. The molecule has 2 aromatic carbocycles. The number of carbonyl (C=O) groups excluding carboxylic acids is 2. The van der Waals surface area contributed by atoms with Gasteiger partial charge in [0, 0.05) is 25.8 Å². The van der Waals surface area contributed by atoms with Gasteiger partial charge >= 0.3 is 0 Å². The largest absolute Gasteiger partial charge is 0.481 e. The number of likely N-dealkylation sites (N-methyl/N-ethyl adjacent to an activating group) is 1. The van der Waals surface area contributed by atoms with Crippen molar-refractivity contribution >= 4 is 39.1 Å². The van der Waals surface area contributed by atoms with Crippen LogP contribution in [0.3, 0.4) is 0 Å². The Balaban J connectivity index is 1.63. The summed E-state index contributed by atoms with van der Waals surface area (Å²) in [6.45, 7) is 2.43. The highest BCUT2D eigenvalue weighted by Gasteiger charge is 2.29. The number of anilines is 1. The molecule has 33 heavy (non-hydrogen) atoms. The van der Waals surface area contributed by atoms with Crippen LogP contribution >= 0.6 is 11.6 Å². The van der Waals surface area contributed by atoms with Gasteiger partial charge in [-0.1, -0.05) is 29.8 Å². The summed E-state index contributed by atoms with van der Waals surface area (Å²) in [6.07, 6.45) is -0.786. The van der Waals surface area contributed by atoms with Gasteiger partial charge in [0.2, 0.25) is 15.9 Å². The molecule has 11 heteroatoms. The fraction of sp³-hybridized carbons (Fsp3) is 0.364. The van der Waals surface area contributed by atoms with Crippen molar-refractivity contribution in [1.82, 2.24) is 9.21 Å². The molecule has 0 saturated carbocycles. The summed E-state index contributed by atoms with van der Waals surface area (Å²) < 4.78 is 38.0. The highest BCUT2D eigenvalue weighted by atomic mass is 35.5. The van der Waals surface area contributed by atoms with Gasteiger partial charge in [0.25, 0.3) is 5.91 Å². The SMILES string of the molecule is CC(Oc1ccccc1)C(=O)N(C)CC(=O)Nc1ccc(Cl)c(S(=O)(=O)N2CCOCC2)c1. The summed E-state index contributed by atoms with van der Waals surface area (Å²) in [5.41, 5.74) is 0.255. The van der Waals surface area contributed by atoms with Crippen molar-refractivity contribution in [3.05, 3.63) is 53.6 Å². The van der Waals surface area contributed by atoms with Crippen LogP contribution in [-0.4, -0.2) is 75.4 Å². The Morgan fingerprint density at radius 3 is 2.52 bits per heavy atom. The van der Waals surface area contributed by atoms with Crippen molar-refractivity contribution in [2.75, 3.05) is 45.2 Å². The average Bonchev–Trinajstić information content (AvgIpc) is 2.80. The number of nitrogens with one attached hydrogen (secondary N) is 1. The van der Waals surface area contributed by atoms with Gasteiger partial charge in [-0.25, -0.2) is 8.42 Å². The maximum atomic E-state index is 12.9. The summed E-state index contributed by atoms with van der Waals surface area (Å²) >= 11 is 6.15. The maximum Gasteiger partial charge on any atom is 0.263 e. The van der Waals surface area contributed by atoms with Crippen LogP contribution < -0.4 is 10.1 Å². The predicted molar refractivity (Wildman–Crippen MR) is 124 cm³/mol. The van der Waals surface area contributed by atoms with Crippen molar-refractivity contribution in [3.8, 4) is 5.75 Å². The second-order valence-electron chi connectivity index (χ2n) is 7.48. The summed E-state index contributed by atoms with van der Waals surface area (Å²) in [6, 6.07) is 13.1. The highest BCUT2D eigenvalue weighted by Crippen LogP contribution is 2.28. The van der Waals surface area contributed by atoms with Crippen LogP contribution in [0.5, 0.6) is 5.75 Å². The Labute approximate surface area is 198 Å². The van der Waals surface area contributed by atoms with Crippen LogP contribution in [0.15, 0.2) is 53.4 Å². The molecule has 0 aromatic heterocycles. The van der Waals surface area contributed by atoms with Gasteiger partial charge in [0.15, 0.2) is 6.10 Å². The molecule has 1 unspecified atom stereocenters. The van der Waals surface area contributed by atoms with Crippen LogP contribution in [0.2, 0.25) is 5.02 Å². The number of morpholine rings is 1. The molecule has 1 fully saturated rings. The number of carbonyl (C=O) groups is 2. The molecule has 2 amide bonds. The number of amides is 2. The molecule has 9 nitrogen and oxygen atoms in total. The van der Waals surface area contributed by atoms with E-state index in [4.69, 9.17) is 21.1 Å². The lowest BCUT2D eigenvalue weighted by molar-refractivity contribution is -0.139. The zero-order valence-electron chi connectivity index (χ0n) is 18.4.